The molecule has 11 aliphatic rings. The Morgan fingerprint density at radius 3 is 1.00 bits per heavy atom. The Kier molecular flexibility index (Phi) is 37.2. The molecule has 0 N–H and O–H groups in total. The highest BCUT2D eigenvalue weighted by Gasteiger charge is 2.65. The van der Waals surface area contributed by atoms with E-state index in [2.05, 4.69) is 88.3 Å². The molecule has 0 radical (unpaired) electrons. The number of hydrogen-bond donors (Lipinski definition) is 0. The lowest BCUT2D eigenvalue weighted by atomic mass is 9.64. The second-order valence-electron chi connectivity index (χ2n) is 25.4. The van der Waals surface area contributed by atoms with Crippen LogP contribution in [0.4, 0.5) is 0 Å². The van der Waals surface area contributed by atoms with Crippen molar-refractivity contribution in [2.75, 3.05) is 61.0 Å². The molecule has 81 heavy (non-hydrogen) atoms. The molecule has 0 saturated heterocycles. The van der Waals surface area contributed by atoms with Gasteiger partial charge in [0.2, 0.25) is 0 Å². The first-order chi connectivity index (χ1) is 39.0. The summed E-state index contributed by atoms with van der Waals surface area (Å²) in [6, 6.07) is 0. The second-order valence-corrected chi connectivity index (χ2v) is 25.4. The topological polar surface area (TPSA) is 111 Å². The van der Waals surface area contributed by atoms with Gasteiger partial charge in [0.1, 0.15) is 38.1 Å². The van der Waals surface area contributed by atoms with Crippen molar-refractivity contribution in [1.29, 1.82) is 0 Å². The van der Waals surface area contributed by atoms with Crippen LogP contribution in [-0.2, 0) is 58.7 Å². The molecule has 11 rings (SSSR count). The summed E-state index contributed by atoms with van der Waals surface area (Å²) in [5.74, 6) is 19.4. The summed E-state index contributed by atoms with van der Waals surface area (Å²) < 4.78 is 0. The summed E-state index contributed by atoms with van der Waals surface area (Å²) in [6.45, 7) is 43.5. The molecule has 0 heterocycles. The molecule has 11 aliphatic carbocycles. The van der Waals surface area contributed by atoms with Crippen molar-refractivity contribution in [3.05, 3.63) is 73.9 Å². The summed E-state index contributed by atoms with van der Waals surface area (Å²) in [5.41, 5.74) is 3.87. The Morgan fingerprint density at radius 2 is 0.728 bits per heavy atom. The third-order valence-electron chi connectivity index (χ3n) is 19.9. The molecule has 12 nitrogen and oxygen atoms in total. The molecule has 12 heteroatoms. The second kappa shape index (κ2) is 41.1. The van der Waals surface area contributed by atoms with E-state index in [1.54, 1.807) is 134 Å². The molecule has 11 saturated carbocycles. The highest BCUT2D eigenvalue weighted by molar-refractivity contribution is 5.14. The predicted molar refractivity (Wildman–Crippen MR) is 329 cm³/mol. The zero-order valence-electron chi connectivity index (χ0n) is 53.9. The summed E-state index contributed by atoms with van der Waals surface area (Å²) >= 11 is 0. The van der Waals surface area contributed by atoms with Crippen LogP contribution in [0.1, 0.15) is 191 Å². The smallest absolute Gasteiger partial charge is 0.111 e. The van der Waals surface area contributed by atoms with E-state index in [0.717, 1.165) is 22.3 Å². The van der Waals surface area contributed by atoms with Crippen molar-refractivity contribution in [2.24, 2.45) is 94.7 Å². The molecule has 0 aromatic heterocycles. The van der Waals surface area contributed by atoms with Crippen LogP contribution in [0.5, 0.6) is 0 Å². The molecule has 0 aliphatic heterocycles. The lowest BCUT2D eigenvalue weighted by Gasteiger charge is -2.40. The molecular weight excluding hydrogens is 1020 g/mol. The van der Waals surface area contributed by atoms with Crippen molar-refractivity contribution in [3.8, 4) is 0 Å². The van der Waals surface area contributed by atoms with Gasteiger partial charge in [0.05, 0.1) is 41.2 Å². The van der Waals surface area contributed by atoms with Gasteiger partial charge in [-0.2, -0.15) is 0 Å². The van der Waals surface area contributed by atoms with E-state index in [9.17, 15) is 0 Å². The maximum atomic E-state index is 4.70. The van der Waals surface area contributed by atoms with Crippen LogP contribution in [0.2, 0.25) is 0 Å². The minimum Gasteiger partial charge on any atom is -0.239 e. The predicted octanol–water partition coefficient (Wildman–Crippen LogP) is 17.8. The summed E-state index contributed by atoms with van der Waals surface area (Å²) in [7, 11) is 4.44. The maximum Gasteiger partial charge on any atom is 0.111 e. The Hall–Kier alpha value is -2.04. The molecule has 0 amide bonds. The SMILES string of the molecule is C1CC2C(C1)C1CC2C2C3CCC(C3)C12.C1CC2C3CCC(C3)C2C1.C1CC2C3CCC(C3)C2C1.C=C(C)C(C)OOC.C=C(C)C(C)OOC.C=C(C)COOCC.C=C(C)COOCC.C=CC(C)OOC.C=CCOOCC. The zero-order chi connectivity index (χ0) is 59.9. The lowest BCUT2D eigenvalue weighted by molar-refractivity contribution is -0.291. The molecule has 19 unspecified atom stereocenters. The van der Waals surface area contributed by atoms with Crippen molar-refractivity contribution in [2.45, 2.75) is 210 Å². The monoisotopic (exact) mass is 1140 g/mol. The first-order valence-electron chi connectivity index (χ1n) is 32.1. The summed E-state index contributed by atoms with van der Waals surface area (Å²) in [6.07, 6.45) is 33.7. The maximum absolute atomic E-state index is 4.70. The van der Waals surface area contributed by atoms with Gasteiger partial charge in [-0.15, -0.1) is 13.2 Å². The normalized spacial score (nSPS) is 33.3. The largest absolute Gasteiger partial charge is 0.239 e. The minimum absolute atomic E-state index is 0.000000000000000222. The number of rotatable bonds is 21. The first-order valence-corrected chi connectivity index (χ1v) is 32.1. The van der Waals surface area contributed by atoms with Gasteiger partial charge in [0, 0.05) is 0 Å². The van der Waals surface area contributed by atoms with Gasteiger partial charge in [-0.25, -0.2) is 58.7 Å². The van der Waals surface area contributed by atoms with Crippen LogP contribution in [0, 0.1) is 94.7 Å². The third-order valence-corrected chi connectivity index (χ3v) is 19.9. The van der Waals surface area contributed by atoms with Gasteiger partial charge in [0.15, 0.2) is 0 Å². The fourth-order valence-corrected chi connectivity index (χ4v) is 16.6. The van der Waals surface area contributed by atoms with Crippen molar-refractivity contribution >= 4 is 0 Å². The Bertz CT molecular complexity index is 1620. The van der Waals surface area contributed by atoms with Crippen molar-refractivity contribution in [1.82, 2.24) is 0 Å². The molecule has 0 aromatic carbocycles. The van der Waals surface area contributed by atoms with E-state index in [-0.39, 0.29) is 18.3 Å². The highest BCUT2D eigenvalue weighted by Crippen LogP contribution is 2.72. The third kappa shape index (κ3) is 24.3. The first kappa shape index (κ1) is 73.2. The van der Waals surface area contributed by atoms with Gasteiger partial charge in [0.25, 0.3) is 0 Å². The number of hydrogen-bond acceptors (Lipinski definition) is 12. The van der Waals surface area contributed by atoms with Gasteiger partial charge < -0.3 is 0 Å². The van der Waals surface area contributed by atoms with Crippen LogP contribution in [-0.4, -0.2) is 79.3 Å². The summed E-state index contributed by atoms with van der Waals surface area (Å²) in [5, 5.41) is 0. The summed E-state index contributed by atoms with van der Waals surface area (Å²) in [4.78, 5) is 54.6. The fourth-order valence-electron chi connectivity index (χ4n) is 16.6. The van der Waals surface area contributed by atoms with E-state index in [1.165, 1.54) is 116 Å². The molecule has 8 bridgehead atoms. The van der Waals surface area contributed by atoms with Crippen molar-refractivity contribution in [3.63, 3.8) is 0 Å². The minimum atomic E-state index is -0.00926. The van der Waals surface area contributed by atoms with Crippen LogP contribution < -0.4 is 0 Å². The Morgan fingerprint density at radius 1 is 0.407 bits per heavy atom. The standard InChI is InChI=1S/C15H22.2C10H16.4C6H12O2.2C5H10O2/c1-2-10-11(3-1)13-7-12(10)14-8-4-5-9(6-8)15(13)14;2*1-2-9-7-4-5-8(6-7)10(9)3-1;2*1-5(2)6(3)8-7-4;2*1-4-7-8-5-6(2)3;1-4-5(2)7-6-3;1-3-5-7-6-4-2/h8-15H,1-7H2;2*7-10H,1-6H2;2*6H,1H2,2-4H3;2*2,4-5H2,1,3H3;4-5H,1H2,2-3H3;3H,1,4-5H2,2H3. The quantitative estimate of drug-likeness (QED) is 0.0359. The average Bonchev–Trinajstić information content (AvgIpc) is 4.47. The van der Waals surface area contributed by atoms with Crippen LogP contribution in [0.25, 0.3) is 0 Å². The Labute approximate surface area is 495 Å². The zero-order valence-corrected chi connectivity index (χ0v) is 53.9. The Balaban J connectivity index is 0.000000243. The molecule has 470 valence electrons. The highest BCUT2D eigenvalue weighted by atomic mass is 17.2. The molecule has 11 fully saturated rings. The number of fused-ring (bicyclic) bond motifs is 22. The average molecular weight is 1140 g/mol. The van der Waals surface area contributed by atoms with Gasteiger partial charge >= 0.3 is 0 Å². The fraction of sp³-hybridized carbons (Fsp3) is 0.826. The lowest BCUT2D eigenvalue weighted by Crippen LogP contribution is -2.35. The van der Waals surface area contributed by atoms with Gasteiger partial charge in [-0.05, 0) is 278 Å². The van der Waals surface area contributed by atoms with E-state index >= 15 is 0 Å². The molecule has 0 aromatic rings. The van der Waals surface area contributed by atoms with Crippen LogP contribution >= 0.6 is 0 Å². The van der Waals surface area contributed by atoms with E-state index < -0.39 is 0 Å². The molecular formula is C69H122O12. The van der Waals surface area contributed by atoms with E-state index in [0.29, 0.717) is 39.6 Å². The molecule has 19 atom stereocenters. The van der Waals surface area contributed by atoms with Crippen molar-refractivity contribution < 1.29 is 58.7 Å². The van der Waals surface area contributed by atoms with Crippen LogP contribution in [0.3, 0.4) is 0 Å². The molecule has 0 spiro atoms. The van der Waals surface area contributed by atoms with E-state index in [4.69, 9.17) is 9.78 Å². The van der Waals surface area contributed by atoms with Crippen LogP contribution in [0.15, 0.2) is 73.9 Å². The van der Waals surface area contributed by atoms with Gasteiger partial charge in [-0.1, -0.05) is 68.9 Å². The van der Waals surface area contributed by atoms with E-state index in [1.807, 2.05) is 69.2 Å². The van der Waals surface area contributed by atoms with Gasteiger partial charge in [-0.3, -0.25) is 0 Å².